The molecule has 4 N–H and O–H groups in total. The molecule has 4 atom stereocenters. The van der Waals surface area contributed by atoms with Gasteiger partial charge in [-0.2, -0.15) is 4.31 Å². The smallest absolute Gasteiger partial charge is 0.305 e. The molecule has 12 nitrogen and oxygen atoms in total. The molecule has 46 heavy (non-hydrogen) atoms. The standard InChI is InChI=1S/C33H46N4O8S/c1-19(2)24(15-28(40)34-13-11-21-17-35-30-20(3)8-7-9-23(21)30)31(43)36-25(16-29(41)42)26(38)18-37(46(6,44)45)33-12-10-22(14-27(33)39)32(33,4)5/h7-9,17,19,22,24-25,35H,10-16,18H2,1-6H3,(H,34,40)(H,36,43)(H,41,42). The molecule has 0 radical (unpaired) electrons. The lowest BCUT2D eigenvalue weighted by Gasteiger charge is -2.44. The summed E-state index contributed by atoms with van der Waals surface area (Å²) in [6.07, 6.45) is 3.56. The molecular weight excluding hydrogens is 612 g/mol. The number of aliphatic carboxylic acids is 1. The van der Waals surface area contributed by atoms with Crippen molar-refractivity contribution in [1.82, 2.24) is 19.9 Å². The monoisotopic (exact) mass is 658 g/mol. The van der Waals surface area contributed by atoms with E-state index in [1.54, 1.807) is 13.8 Å². The van der Waals surface area contributed by atoms with Gasteiger partial charge in [0.25, 0.3) is 0 Å². The van der Waals surface area contributed by atoms with Crippen molar-refractivity contribution in [3.8, 4) is 0 Å². The average molecular weight is 659 g/mol. The second-order valence-electron chi connectivity index (χ2n) is 13.8. The lowest BCUT2D eigenvalue weighted by atomic mass is 9.75. The summed E-state index contributed by atoms with van der Waals surface area (Å²) in [6, 6.07) is 4.44. The van der Waals surface area contributed by atoms with E-state index in [-0.39, 0.29) is 42.8 Å². The first-order valence-corrected chi connectivity index (χ1v) is 17.6. The topological polar surface area (TPSA) is 183 Å². The summed E-state index contributed by atoms with van der Waals surface area (Å²) in [7, 11) is -4.09. The van der Waals surface area contributed by atoms with E-state index in [9.17, 15) is 37.5 Å². The lowest BCUT2D eigenvalue weighted by Crippen LogP contribution is -2.62. The van der Waals surface area contributed by atoms with Gasteiger partial charge in [0.15, 0.2) is 11.6 Å². The molecular formula is C33H46N4O8S. The Morgan fingerprint density at radius 2 is 1.85 bits per heavy atom. The number of carboxylic acid groups (broad SMARTS) is 1. The average Bonchev–Trinajstić information content (AvgIpc) is 3.53. The number of aromatic nitrogens is 1. The third-order valence-corrected chi connectivity index (χ3v) is 11.6. The predicted molar refractivity (Wildman–Crippen MR) is 172 cm³/mol. The summed E-state index contributed by atoms with van der Waals surface area (Å²) in [6.45, 7) is 8.75. The predicted octanol–water partition coefficient (Wildman–Crippen LogP) is 2.74. The molecule has 1 aromatic carbocycles. The number of para-hydroxylation sites is 1. The summed E-state index contributed by atoms with van der Waals surface area (Å²) in [5, 5.41) is 16.0. The number of Topliss-reactive ketones (excluding diaryl/α,β-unsaturated/α-hetero) is 2. The fourth-order valence-corrected chi connectivity index (χ4v) is 8.89. The number of hydrogen-bond donors (Lipinski definition) is 4. The van der Waals surface area contributed by atoms with Gasteiger partial charge in [-0.3, -0.25) is 24.0 Å². The van der Waals surface area contributed by atoms with E-state index in [1.807, 2.05) is 45.2 Å². The number of H-pyrrole nitrogens is 1. The third kappa shape index (κ3) is 6.76. The van der Waals surface area contributed by atoms with Crippen LogP contribution in [0, 0.1) is 30.1 Å². The first-order valence-electron chi connectivity index (χ1n) is 15.8. The molecule has 13 heteroatoms. The van der Waals surface area contributed by atoms with Crippen LogP contribution in [0.3, 0.4) is 0 Å². The lowest BCUT2D eigenvalue weighted by molar-refractivity contribution is -0.142. The molecule has 2 aliphatic rings. The van der Waals surface area contributed by atoms with Crippen molar-refractivity contribution in [2.75, 3.05) is 19.3 Å². The van der Waals surface area contributed by atoms with Crippen molar-refractivity contribution in [2.45, 2.75) is 84.7 Å². The molecule has 4 unspecified atom stereocenters. The molecule has 252 valence electrons. The molecule has 1 heterocycles. The second-order valence-corrected chi connectivity index (χ2v) is 15.7. The van der Waals surface area contributed by atoms with Gasteiger partial charge in [0.1, 0.15) is 0 Å². The number of amides is 2. The van der Waals surface area contributed by atoms with E-state index < -0.39 is 63.6 Å². The number of aromatic amines is 1. The molecule has 2 bridgehead atoms. The fraction of sp³-hybridized carbons (Fsp3) is 0.606. The van der Waals surface area contributed by atoms with Crippen LogP contribution in [0.1, 0.15) is 70.9 Å². The highest BCUT2D eigenvalue weighted by atomic mass is 32.2. The van der Waals surface area contributed by atoms with Gasteiger partial charge in [0.2, 0.25) is 21.8 Å². The number of ketones is 2. The highest BCUT2D eigenvalue weighted by molar-refractivity contribution is 7.88. The first-order chi connectivity index (χ1) is 21.4. The van der Waals surface area contributed by atoms with Gasteiger partial charge in [-0.05, 0) is 54.6 Å². The highest BCUT2D eigenvalue weighted by Crippen LogP contribution is 2.61. The maximum Gasteiger partial charge on any atom is 0.305 e. The summed E-state index contributed by atoms with van der Waals surface area (Å²) >= 11 is 0. The molecule has 2 fully saturated rings. The van der Waals surface area contributed by atoms with Crippen molar-refractivity contribution in [3.63, 3.8) is 0 Å². The van der Waals surface area contributed by atoms with Gasteiger partial charge >= 0.3 is 5.97 Å². The number of carboxylic acids is 1. The Morgan fingerprint density at radius 1 is 1.15 bits per heavy atom. The summed E-state index contributed by atoms with van der Waals surface area (Å²) in [4.78, 5) is 68.2. The van der Waals surface area contributed by atoms with Gasteiger partial charge in [0.05, 0.1) is 30.8 Å². The number of rotatable bonds is 15. The van der Waals surface area contributed by atoms with Crippen LogP contribution in [0.15, 0.2) is 24.4 Å². The molecule has 4 rings (SSSR count). The van der Waals surface area contributed by atoms with Gasteiger partial charge in [-0.25, -0.2) is 8.42 Å². The molecule has 2 amide bonds. The molecule has 0 aliphatic heterocycles. The minimum Gasteiger partial charge on any atom is -0.481 e. The number of nitrogens with one attached hydrogen (secondary N) is 3. The van der Waals surface area contributed by atoms with Gasteiger partial charge in [0, 0.05) is 42.4 Å². The van der Waals surface area contributed by atoms with Crippen molar-refractivity contribution in [3.05, 3.63) is 35.5 Å². The van der Waals surface area contributed by atoms with Crippen LogP contribution in [0.4, 0.5) is 0 Å². The maximum atomic E-state index is 13.6. The van der Waals surface area contributed by atoms with E-state index in [0.717, 1.165) is 32.6 Å². The number of carbonyl (C=O) groups excluding carboxylic acids is 4. The van der Waals surface area contributed by atoms with E-state index in [1.165, 1.54) is 0 Å². The molecule has 1 aromatic heterocycles. The zero-order chi connectivity index (χ0) is 34.2. The molecule has 2 aliphatic carbocycles. The van der Waals surface area contributed by atoms with Crippen LogP contribution in [0.25, 0.3) is 10.9 Å². The van der Waals surface area contributed by atoms with Crippen LogP contribution in [-0.2, 0) is 40.4 Å². The van der Waals surface area contributed by atoms with Gasteiger partial charge in [-0.1, -0.05) is 45.9 Å². The largest absolute Gasteiger partial charge is 0.481 e. The number of sulfonamides is 1. The quantitative estimate of drug-likeness (QED) is 0.225. The van der Waals surface area contributed by atoms with Crippen LogP contribution >= 0.6 is 0 Å². The summed E-state index contributed by atoms with van der Waals surface area (Å²) in [5.74, 6) is -4.75. The Hall–Kier alpha value is -3.58. The van der Waals surface area contributed by atoms with Crippen LogP contribution in [0.2, 0.25) is 0 Å². The Labute approximate surface area is 270 Å². The third-order valence-electron chi connectivity index (χ3n) is 10.3. The maximum absolute atomic E-state index is 13.6. The van der Waals surface area contributed by atoms with E-state index in [0.29, 0.717) is 19.4 Å². The molecule has 2 aromatic rings. The SMILES string of the molecule is Cc1cccc2c(CCNC(=O)CC(C(=O)NC(CC(=O)O)C(=O)CN(C34CCC(CC3=O)C4(C)C)S(C)(=O)=O)C(C)C)c[nH]c12. The minimum absolute atomic E-state index is 0.0293. The zero-order valence-corrected chi connectivity index (χ0v) is 28.3. The first kappa shape index (κ1) is 35.3. The Kier molecular flexibility index (Phi) is 10.2. The van der Waals surface area contributed by atoms with Crippen LogP contribution < -0.4 is 10.6 Å². The Morgan fingerprint density at radius 3 is 2.41 bits per heavy atom. The van der Waals surface area contributed by atoms with E-state index >= 15 is 0 Å². The van der Waals surface area contributed by atoms with Crippen LogP contribution in [-0.4, -0.2) is 83.1 Å². The Balaban J connectivity index is 1.44. The summed E-state index contributed by atoms with van der Waals surface area (Å²) in [5.41, 5.74) is 1.07. The highest BCUT2D eigenvalue weighted by Gasteiger charge is 2.68. The van der Waals surface area contributed by atoms with E-state index in [4.69, 9.17) is 0 Å². The number of benzene rings is 1. The van der Waals surface area contributed by atoms with Crippen LogP contribution in [0.5, 0.6) is 0 Å². The van der Waals surface area contributed by atoms with E-state index in [2.05, 4.69) is 15.6 Å². The summed E-state index contributed by atoms with van der Waals surface area (Å²) < 4.78 is 27.1. The van der Waals surface area contributed by atoms with Gasteiger partial charge < -0.3 is 20.7 Å². The second kappa shape index (κ2) is 13.3. The Bertz CT molecular complexity index is 1650. The van der Waals surface area contributed by atoms with Crippen molar-refractivity contribution in [1.29, 1.82) is 0 Å². The van der Waals surface area contributed by atoms with Crippen molar-refractivity contribution in [2.24, 2.45) is 23.2 Å². The number of carbonyl (C=O) groups is 5. The normalized spacial score (nSPS) is 21.9. The minimum atomic E-state index is -4.09. The van der Waals surface area contributed by atoms with Crippen molar-refractivity contribution >= 4 is 50.3 Å². The number of aryl methyl sites for hydroxylation is 1. The molecule has 0 spiro atoms. The van der Waals surface area contributed by atoms with Crippen molar-refractivity contribution < 1.29 is 37.5 Å². The molecule has 2 saturated carbocycles. The molecule has 0 saturated heterocycles. The number of fused-ring (bicyclic) bond motifs is 3. The fourth-order valence-electron chi connectivity index (χ4n) is 7.53. The number of nitrogens with zero attached hydrogens (tertiary/aromatic N) is 1. The zero-order valence-electron chi connectivity index (χ0n) is 27.4. The number of hydrogen-bond acceptors (Lipinski definition) is 7. The van der Waals surface area contributed by atoms with Gasteiger partial charge in [-0.15, -0.1) is 0 Å².